The summed E-state index contributed by atoms with van der Waals surface area (Å²) in [6, 6.07) is 5.27. The molecule has 1 fully saturated rings. The zero-order valence-corrected chi connectivity index (χ0v) is 9.11. The Labute approximate surface area is 93.0 Å². The Bertz CT molecular complexity index is 370. The Kier molecular flexibility index (Phi) is 2.80. The summed E-state index contributed by atoms with van der Waals surface area (Å²) in [6.45, 7) is 0. The van der Waals surface area contributed by atoms with Crippen molar-refractivity contribution in [2.75, 3.05) is 0 Å². The molecule has 14 heavy (non-hydrogen) atoms. The predicted molar refractivity (Wildman–Crippen MR) is 57.9 cm³/mol. The number of rotatable bonds is 3. The molecule has 1 aromatic rings. The zero-order chi connectivity index (χ0) is 10.1. The third kappa shape index (κ3) is 2.28. The number of ketones is 1. The van der Waals surface area contributed by atoms with Gasteiger partial charge in [0.15, 0.2) is 0 Å². The van der Waals surface area contributed by atoms with Gasteiger partial charge in [0.2, 0.25) is 0 Å². The lowest BCUT2D eigenvalue weighted by atomic mass is 10.1. The molecular weight excluding hydrogens is 219 g/mol. The van der Waals surface area contributed by atoms with Crippen LogP contribution in [0, 0.1) is 5.92 Å². The molecule has 0 saturated heterocycles. The Morgan fingerprint density at radius 2 is 2.07 bits per heavy atom. The maximum Gasteiger partial charge on any atom is 0.140 e. The topological polar surface area (TPSA) is 17.1 Å². The minimum Gasteiger partial charge on any atom is -0.299 e. The molecule has 0 bridgehead atoms. The van der Waals surface area contributed by atoms with Crippen LogP contribution in [0.1, 0.15) is 18.4 Å². The van der Waals surface area contributed by atoms with Crippen molar-refractivity contribution >= 4 is 29.0 Å². The lowest BCUT2D eigenvalue weighted by molar-refractivity contribution is -0.119. The summed E-state index contributed by atoms with van der Waals surface area (Å²) < 4.78 is 0. The fourth-order valence-electron chi connectivity index (χ4n) is 1.40. The lowest BCUT2D eigenvalue weighted by Gasteiger charge is -2.02. The average Bonchev–Trinajstić information content (AvgIpc) is 2.92. The van der Waals surface area contributed by atoms with Crippen LogP contribution >= 0.6 is 23.2 Å². The quantitative estimate of drug-likeness (QED) is 0.774. The highest BCUT2D eigenvalue weighted by Gasteiger charge is 2.29. The van der Waals surface area contributed by atoms with Gasteiger partial charge in [-0.25, -0.2) is 0 Å². The Hall–Kier alpha value is -0.530. The predicted octanol–water partition coefficient (Wildman–Crippen LogP) is 3.52. The molecule has 1 saturated carbocycles. The summed E-state index contributed by atoms with van der Waals surface area (Å²) >= 11 is 11.7. The molecule has 1 aliphatic rings. The van der Waals surface area contributed by atoms with Crippen molar-refractivity contribution in [1.29, 1.82) is 0 Å². The van der Waals surface area contributed by atoms with Gasteiger partial charge in [-0.3, -0.25) is 4.79 Å². The van der Waals surface area contributed by atoms with E-state index < -0.39 is 0 Å². The van der Waals surface area contributed by atoms with Crippen LogP contribution in [0.3, 0.4) is 0 Å². The first-order valence-electron chi connectivity index (χ1n) is 4.63. The van der Waals surface area contributed by atoms with Gasteiger partial charge in [-0.2, -0.15) is 0 Å². The van der Waals surface area contributed by atoms with Crippen molar-refractivity contribution in [3.05, 3.63) is 33.8 Å². The maximum atomic E-state index is 11.5. The van der Waals surface area contributed by atoms with Gasteiger partial charge >= 0.3 is 0 Å². The second-order valence-corrected chi connectivity index (χ2v) is 4.50. The van der Waals surface area contributed by atoms with E-state index in [0.29, 0.717) is 28.2 Å². The summed E-state index contributed by atoms with van der Waals surface area (Å²) in [7, 11) is 0. The van der Waals surface area contributed by atoms with Gasteiger partial charge in [-0.15, -0.1) is 0 Å². The highest BCUT2D eigenvalue weighted by molar-refractivity contribution is 6.35. The molecule has 2 rings (SSSR count). The molecule has 0 aliphatic heterocycles. The SMILES string of the molecule is O=C(Cc1ccc(Cl)cc1Cl)C1CC1. The Morgan fingerprint density at radius 1 is 1.36 bits per heavy atom. The standard InChI is InChI=1S/C11H10Cl2O/c12-9-4-3-8(10(13)6-9)5-11(14)7-1-2-7/h3-4,6-7H,1-2,5H2. The van der Waals surface area contributed by atoms with Crippen LogP contribution in [0.2, 0.25) is 10.0 Å². The fraction of sp³-hybridized carbons (Fsp3) is 0.364. The summed E-state index contributed by atoms with van der Waals surface area (Å²) in [4.78, 5) is 11.5. The Morgan fingerprint density at radius 3 is 2.64 bits per heavy atom. The van der Waals surface area contributed by atoms with Crippen molar-refractivity contribution < 1.29 is 4.79 Å². The van der Waals surface area contributed by atoms with Gasteiger partial charge in [-0.05, 0) is 30.5 Å². The third-order valence-electron chi connectivity index (χ3n) is 2.41. The molecule has 1 nitrogen and oxygen atoms in total. The van der Waals surface area contributed by atoms with E-state index in [1.807, 2.05) is 6.07 Å². The first kappa shape index (κ1) is 10.0. The molecule has 0 N–H and O–H groups in total. The first-order chi connectivity index (χ1) is 6.66. The summed E-state index contributed by atoms with van der Waals surface area (Å²) in [5.74, 6) is 0.593. The van der Waals surface area contributed by atoms with E-state index in [2.05, 4.69) is 0 Å². The Balaban J connectivity index is 2.11. The van der Waals surface area contributed by atoms with Crippen molar-refractivity contribution in [3.8, 4) is 0 Å². The van der Waals surface area contributed by atoms with E-state index in [9.17, 15) is 4.79 Å². The van der Waals surface area contributed by atoms with E-state index in [1.54, 1.807) is 12.1 Å². The van der Waals surface area contributed by atoms with Gasteiger partial charge in [0.25, 0.3) is 0 Å². The molecule has 0 spiro atoms. The number of carbonyl (C=O) groups excluding carboxylic acids is 1. The van der Waals surface area contributed by atoms with Crippen LogP contribution in [0.25, 0.3) is 0 Å². The molecule has 1 aromatic carbocycles. The highest BCUT2D eigenvalue weighted by atomic mass is 35.5. The molecule has 0 radical (unpaired) electrons. The minimum atomic E-state index is 0.293. The number of Topliss-reactive ketones (excluding diaryl/α,β-unsaturated/α-hetero) is 1. The number of carbonyl (C=O) groups is 1. The van der Waals surface area contributed by atoms with E-state index in [1.165, 1.54) is 0 Å². The monoisotopic (exact) mass is 228 g/mol. The van der Waals surface area contributed by atoms with Crippen LogP contribution in [-0.4, -0.2) is 5.78 Å². The van der Waals surface area contributed by atoms with E-state index >= 15 is 0 Å². The second kappa shape index (κ2) is 3.92. The number of halogens is 2. The molecule has 0 heterocycles. The zero-order valence-electron chi connectivity index (χ0n) is 7.59. The molecule has 74 valence electrons. The van der Waals surface area contributed by atoms with Gasteiger partial charge in [0, 0.05) is 22.4 Å². The summed E-state index contributed by atoms with van der Waals surface area (Å²) in [5.41, 5.74) is 0.882. The van der Waals surface area contributed by atoms with Gasteiger partial charge in [0.05, 0.1) is 0 Å². The lowest BCUT2D eigenvalue weighted by Crippen LogP contribution is -2.04. The van der Waals surface area contributed by atoms with Gasteiger partial charge in [0.1, 0.15) is 5.78 Å². The molecule has 0 atom stereocenters. The second-order valence-electron chi connectivity index (χ2n) is 3.65. The van der Waals surface area contributed by atoms with Crippen LogP contribution in [-0.2, 0) is 11.2 Å². The van der Waals surface area contributed by atoms with Crippen LogP contribution in [0.5, 0.6) is 0 Å². The summed E-state index contributed by atoms with van der Waals surface area (Å²) in [6.07, 6.45) is 2.54. The van der Waals surface area contributed by atoms with Crippen molar-refractivity contribution in [2.24, 2.45) is 5.92 Å². The van der Waals surface area contributed by atoms with Gasteiger partial charge in [-0.1, -0.05) is 29.3 Å². The highest BCUT2D eigenvalue weighted by Crippen LogP contribution is 2.32. The summed E-state index contributed by atoms with van der Waals surface area (Å²) in [5, 5.41) is 1.20. The van der Waals surface area contributed by atoms with Crippen LogP contribution < -0.4 is 0 Å². The third-order valence-corrected chi connectivity index (χ3v) is 3.00. The first-order valence-corrected chi connectivity index (χ1v) is 5.39. The number of benzene rings is 1. The fourth-order valence-corrected chi connectivity index (χ4v) is 1.88. The van der Waals surface area contributed by atoms with Crippen LogP contribution in [0.4, 0.5) is 0 Å². The van der Waals surface area contributed by atoms with Crippen molar-refractivity contribution in [1.82, 2.24) is 0 Å². The average molecular weight is 229 g/mol. The molecule has 0 amide bonds. The molecular formula is C11H10Cl2O. The van der Waals surface area contributed by atoms with E-state index in [0.717, 1.165) is 18.4 Å². The van der Waals surface area contributed by atoms with Gasteiger partial charge < -0.3 is 0 Å². The smallest absolute Gasteiger partial charge is 0.140 e. The molecule has 0 aromatic heterocycles. The van der Waals surface area contributed by atoms with Crippen molar-refractivity contribution in [3.63, 3.8) is 0 Å². The minimum absolute atomic E-state index is 0.293. The molecule has 3 heteroatoms. The normalized spacial score (nSPS) is 15.6. The van der Waals surface area contributed by atoms with Crippen molar-refractivity contribution in [2.45, 2.75) is 19.3 Å². The maximum absolute atomic E-state index is 11.5. The number of hydrogen-bond acceptors (Lipinski definition) is 1. The van der Waals surface area contributed by atoms with E-state index in [4.69, 9.17) is 23.2 Å². The largest absolute Gasteiger partial charge is 0.299 e. The van der Waals surface area contributed by atoms with Crippen LogP contribution in [0.15, 0.2) is 18.2 Å². The molecule has 1 aliphatic carbocycles. The number of hydrogen-bond donors (Lipinski definition) is 0. The molecule has 0 unspecified atom stereocenters. The van der Waals surface area contributed by atoms with E-state index in [-0.39, 0.29) is 0 Å².